The lowest BCUT2D eigenvalue weighted by molar-refractivity contribution is -0.137. The highest BCUT2D eigenvalue weighted by Crippen LogP contribution is 2.30. The Bertz CT molecular complexity index is 807. The summed E-state index contributed by atoms with van der Waals surface area (Å²) in [6.07, 6.45) is -3.26. The van der Waals surface area contributed by atoms with E-state index in [9.17, 15) is 18.3 Å². The van der Waals surface area contributed by atoms with Gasteiger partial charge in [-0.2, -0.15) is 13.2 Å². The van der Waals surface area contributed by atoms with E-state index in [2.05, 4.69) is 4.98 Å². The fourth-order valence-electron chi connectivity index (χ4n) is 2.55. The van der Waals surface area contributed by atoms with E-state index in [0.717, 1.165) is 28.6 Å². The number of hydrogen-bond donors (Lipinski definition) is 1. The second kappa shape index (κ2) is 6.01. The van der Waals surface area contributed by atoms with Crippen LogP contribution in [0.25, 0.3) is 10.9 Å². The molecule has 0 aliphatic heterocycles. The van der Waals surface area contributed by atoms with E-state index in [1.165, 1.54) is 12.1 Å². The number of fused-ring (bicyclic) bond motifs is 1. The standard InChI is InChI=1S/C18H14F3NO/c19-18(20,21)14-7-5-12(6-8-14)17(23)11-13-9-10-22-16-4-2-1-3-15(13)16/h1-10,17,23H,11H2/t17-/m0/s1. The zero-order chi connectivity index (χ0) is 16.4. The molecular weight excluding hydrogens is 303 g/mol. The van der Waals surface area contributed by atoms with E-state index in [1.807, 2.05) is 30.3 Å². The molecule has 1 N–H and O–H groups in total. The summed E-state index contributed by atoms with van der Waals surface area (Å²) in [6, 6.07) is 14.0. The summed E-state index contributed by atoms with van der Waals surface area (Å²) in [4.78, 5) is 4.25. The number of pyridine rings is 1. The molecule has 1 aromatic heterocycles. The normalized spacial score (nSPS) is 13.2. The quantitative estimate of drug-likeness (QED) is 0.770. The van der Waals surface area contributed by atoms with Crippen LogP contribution in [0, 0.1) is 0 Å². The Morgan fingerprint density at radius 1 is 0.957 bits per heavy atom. The van der Waals surface area contributed by atoms with Gasteiger partial charge in [0, 0.05) is 18.0 Å². The third-order valence-corrected chi connectivity index (χ3v) is 3.78. The van der Waals surface area contributed by atoms with Gasteiger partial charge in [-0.25, -0.2) is 0 Å². The molecule has 5 heteroatoms. The second-order valence-corrected chi connectivity index (χ2v) is 5.33. The van der Waals surface area contributed by atoms with Crippen LogP contribution >= 0.6 is 0 Å². The van der Waals surface area contributed by atoms with Crippen LogP contribution in [0.3, 0.4) is 0 Å². The molecule has 0 bridgehead atoms. The van der Waals surface area contributed by atoms with Gasteiger partial charge in [0.1, 0.15) is 0 Å². The number of halogens is 3. The molecule has 0 fully saturated rings. The van der Waals surface area contributed by atoms with Crippen molar-refractivity contribution in [2.75, 3.05) is 0 Å². The Kier molecular flexibility index (Phi) is 4.05. The molecular formula is C18H14F3NO. The van der Waals surface area contributed by atoms with Gasteiger partial charge in [0.05, 0.1) is 17.2 Å². The van der Waals surface area contributed by atoms with Crippen LogP contribution in [0.4, 0.5) is 13.2 Å². The molecule has 0 spiro atoms. The van der Waals surface area contributed by atoms with Crippen molar-refractivity contribution in [2.45, 2.75) is 18.7 Å². The van der Waals surface area contributed by atoms with Crippen LogP contribution in [-0.2, 0) is 12.6 Å². The topological polar surface area (TPSA) is 33.1 Å². The Labute approximate surface area is 131 Å². The smallest absolute Gasteiger partial charge is 0.388 e. The van der Waals surface area contributed by atoms with Crippen molar-refractivity contribution in [1.82, 2.24) is 4.98 Å². The van der Waals surface area contributed by atoms with E-state index in [1.54, 1.807) is 6.20 Å². The van der Waals surface area contributed by atoms with Crippen molar-refractivity contribution in [3.05, 3.63) is 77.5 Å². The van der Waals surface area contributed by atoms with Crippen molar-refractivity contribution in [1.29, 1.82) is 0 Å². The summed E-state index contributed by atoms with van der Waals surface area (Å²) in [5.74, 6) is 0. The molecule has 0 aliphatic carbocycles. The van der Waals surface area contributed by atoms with Crippen LogP contribution in [0.1, 0.15) is 22.8 Å². The van der Waals surface area contributed by atoms with Gasteiger partial charge >= 0.3 is 6.18 Å². The van der Waals surface area contributed by atoms with E-state index in [4.69, 9.17) is 0 Å². The lowest BCUT2D eigenvalue weighted by Gasteiger charge is -2.14. The summed E-state index contributed by atoms with van der Waals surface area (Å²) in [5.41, 5.74) is 1.47. The molecule has 3 aromatic rings. The molecule has 0 radical (unpaired) electrons. The fraction of sp³-hybridized carbons (Fsp3) is 0.167. The van der Waals surface area contributed by atoms with Crippen LogP contribution < -0.4 is 0 Å². The molecule has 3 rings (SSSR count). The van der Waals surface area contributed by atoms with Crippen LogP contribution in [-0.4, -0.2) is 10.1 Å². The first-order valence-corrected chi connectivity index (χ1v) is 7.13. The van der Waals surface area contributed by atoms with Gasteiger partial charge in [0.2, 0.25) is 0 Å². The van der Waals surface area contributed by atoms with Crippen LogP contribution in [0.15, 0.2) is 60.8 Å². The highest BCUT2D eigenvalue weighted by Gasteiger charge is 2.30. The highest BCUT2D eigenvalue weighted by atomic mass is 19.4. The molecule has 0 aliphatic rings. The summed E-state index contributed by atoms with van der Waals surface area (Å²) < 4.78 is 37.7. The molecule has 0 saturated heterocycles. The second-order valence-electron chi connectivity index (χ2n) is 5.33. The van der Waals surface area contributed by atoms with Gasteiger partial charge in [-0.3, -0.25) is 4.98 Å². The summed E-state index contributed by atoms with van der Waals surface area (Å²) in [5, 5.41) is 11.3. The molecule has 0 saturated carbocycles. The molecule has 1 heterocycles. The molecule has 1 atom stereocenters. The molecule has 23 heavy (non-hydrogen) atoms. The zero-order valence-corrected chi connectivity index (χ0v) is 12.1. The molecule has 0 amide bonds. The number of aromatic nitrogens is 1. The van der Waals surface area contributed by atoms with Gasteiger partial charge in [0.25, 0.3) is 0 Å². The van der Waals surface area contributed by atoms with Gasteiger partial charge in [0.15, 0.2) is 0 Å². The van der Waals surface area contributed by atoms with Gasteiger partial charge < -0.3 is 5.11 Å². The molecule has 118 valence electrons. The van der Waals surface area contributed by atoms with Gasteiger partial charge in [-0.1, -0.05) is 30.3 Å². The molecule has 0 unspecified atom stereocenters. The number of aliphatic hydroxyl groups excluding tert-OH is 1. The number of nitrogens with zero attached hydrogens (tertiary/aromatic N) is 1. The Morgan fingerprint density at radius 2 is 1.65 bits per heavy atom. The van der Waals surface area contributed by atoms with Crippen molar-refractivity contribution >= 4 is 10.9 Å². The van der Waals surface area contributed by atoms with Gasteiger partial charge in [-0.15, -0.1) is 0 Å². The maximum atomic E-state index is 12.6. The molecule has 2 aromatic carbocycles. The third-order valence-electron chi connectivity index (χ3n) is 3.78. The van der Waals surface area contributed by atoms with Crippen molar-refractivity contribution in [2.24, 2.45) is 0 Å². The van der Waals surface area contributed by atoms with Crippen LogP contribution in [0.2, 0.25) is 0 Å². The van der Waals surface area contributed by atoms with E-state index < -0.39 is 17.8 Å². The zero-order valence-electron chi connectivity index (χ0n) is 12.1. The number of rotatable bonds is 3. The highest BCUT2D eigenvalue weighted by molar-refractivity contribution is 5.81. The lowest BCUT2D eigenvalue weighted by atomic mass is 9.98. The first-order valence-electron chi connectivity index (χ1n) is 7.13. The van der Waals surface area contributed by atoms with Crippen molar-refractivity contribution < 1.29 is 18.3 Å². The lowest BCUT2D eigenvalue weighted by Crippen LogP contribution is -2.07. The predicted molar refractivity (Wildman–Crippen MR) is 81.9 cm³/mol. The third kappa shape index (κ3) is 3.35. The Morgan fingerprint density at radius 3 is 2.35 bits per heavy atom. The largest absolute Gasteiger partial charge is 0.416 e. The first kappa shape index (κ1) is 15.5. The van der Waals surface area contributed by atoms with Crippen molar-refractivity contribution in [3.63, 3.8) is 0 Å². The number of aliphatic hydroxyl groups is 1. The fourth-order valence-corrected chi connectivity index (χ4v) is 2.55. The predicted octanol–water partition coefficient (Wildman–Crippen LogP) is 4.53. The number of benzene rings is 2. The molecule has 2 nitrogen and oxygen atoms in total. The summed E-state index contributed by atoms with van der Waals surface area (Å²) in [6.45, 7) is 0. The average molecular weight is 317 g/mol. The van der Waals surface area contributed by atoms with E-state index in [0.29, 0.717) is 12.0 Å². The minimum absolute atomic E-state index is 0.314. The monoisotopic (exact) mass is 317 g/mol. The number of para-hydroxylation sites is 1. The first-order chi connectivity index (χ1) is 10.9. The summed E-state index contributed by atoms with van der Waals surface area (Å²) in [7, 11) is 0. The van der Waals surface area contributed by atoms with Crippen LogP contribution in [0.5, 0.6) is 0 Å². The van der Waals surface area contributed by atoms with Gasteiger partial charge in [-0.05, 0) is 35.4 Å². The average Bonchev–Trinajstić information content (AvgIpc) is 2.54. The van der Waals surface area contributed by atoms with E-state index >= 15 is 0 Å². The maximum Gasteiger partial charge on any atom is 0.416 e. The minimum atomic E-state index is -4.37. The Hall–Kier alpha value is -2.40. The Balaban J connectivity index is 1.85. The summed E-state index contributed by atoms with van der Waals surface area (Å²) >= 11 is 0. The van der Waals surface area contributed by atoms with E-state index in [-0.39, 0.29) is 0 Å². The van der Waals surface area contributed by atoms with Crippen molar-refractivity contribution in [3.8, 4) is 0 Å². The SMILES string of the molecule is O[C@@H](Cc1ccnc2ccccc12)c1ccc(C(F)(F)F)cc1. The maximum absolute atomic E-state index is 12.6. The number of hydrogen-bond acceptors (Lipinski definition) is 2. The minimum Gasteiger partial charge on any atom is -0.388 e. The number of alkyl halides is 3.